The van der Waals surface area contributed by atoms with Crippen molar-refractivity contribution >= 4 is 10.9 Å². The third-order valence-corrected chi connectivity index (χ3v) is 2.51. The van der Waals surface area contributed by atoms with Crippen molar-refractivity contribution in [1.82, 2.24) is 9.78 Å². The number of hydrogen-bond donors (Lipinski definition) is 1. The fraction of sp³-hybridized carbons (Fsp3) is 0.364. The summed E-state index contributed by atoms with van der Waals surface area (Å²) in [7, 11) is 0. The Bertz CT molecular complexity index is 419. The van der Waals surface area contributed by atoms with Gasteiger partial charge in [-0.3, -0.25) is 4.68 Å². The Morgan fingerprint density at radius 1 is 1.43 bits per heavy atom. The molecule has 0 saturated carbocycles. The lowest BCUT2D eigenvalue weighted by atomic mass is 10.2. The normalized spacial score (nSPS) is 13.3. The van der Waals surface area contributed by atoms with Crippen LogP contribution in [0.1, 0.15) is 19.4 Å². The summed E-state index contributed by atoms with van der Waals surface area (Å²) in [5.41, 5.74) is 6.73. The Hall–Kier alpha value is -1.35. The molecule has 1 heterocycles. The van der Waals surface area contributed by atoms with E-state index in [4.69, 9.17) is 5.73 Å². The lowest BCUT2D eigenvalue weighted by Gasteiger charge is -2.11. The molecule has 3 heteroatoms. The molecule has 3 nitrogen and oxygen atoms in total. The highest BCUT2D eigenvalue weighted by molar-refractivity contribution is 5.78. The number of hydrogen-bond acceptors (Lipinski definition) is 2. The third-order valence-electron chi connectivity index (χ3n) is 2.51. The lowest BCUT2D eigenvalue weighted by molar-refractivity contribution is 0.479. The molecule has 0 aliphatic carbocycles. The minimum Gasteiger partial charge on any atom is -0.330 e. The maximum atomic E-state index is 5.54. The summed E-state index contributed by atoms with van der Waals surface area (Å²) in [4.78, 5) is 0. The zero-order chi connectivity index (χ0) is 9.97. The first-order valence-corrected chi connectivity index (χ1v) is 4.95. The molecule has 74 valence electrons. The first kappa shape index (κ1) is 9.21. The van der Waals surface area contributed by atoms with E-state index in [2.05, 4.69) is 24.2 Å². The van der Waals surface area contributed by atoms with Crippen LogP contribution in [0.4, 0.5) is 0 Å². The minimum absolute atomic E-state index is 0.375. The van der Waals surface area contributed by atoms with Crippen LogP contribution < -0.4 is 5.73 Å². The average molecular weight is 189 g/mol. The third kappa shape index (κ3) is 1.51. The molecule has 0 bridgehead atoms. The highest BCUT2D eigenvalue weighted by atomic mass is 15.3. The van der Waals surface area contributed by atoms with Gasteiger partial charge in [0.15, 0.2) is 0 Å². The van der Waals surface area contributed by atoms with Crippen LogP contribution in [0.2, 0.25) is 0 Å². The van der Waals surface area contributed by atoms with Crippen molar-refractivity contribution in [3.8, 4) is 0 Å². The Morgan fingerprint density at radius 3 is 3.00 bits per heavy atom. The van der Waals surface area contributed by atoms with Gasteiger partial charge in [0.05, 0.1) is 17.8 Å². The van der Waals surface area contributed by atoms with E-state index in [1.807, 2.05) is 23.0 Å². The molecule has 1 aromatic heterocycles. The molecule has 14 heavy (non-hydrogen) atoms. The van der Waals surface area contributed by atoms with E-state index in [1.54, 1.807) is 0 Å². The Balaban J connectivity index is 2.42. The number of fused-ring (bicyclic) bond motifs is 1. The van der Waals surface area contributed by atoms with E-state index in [0.29, 0.717) is 12.6 Å². The van der Waals surface area contributed by atoms with Gasteiger partial charge in [0.2, 0.25) is 0 Å². The fourth-order valence-corrected chi connectivity index (χ4v) is 1.71. The molecule has 0 spiro atoms. The highest BCUT2D eigenvalue weighted by Crippen LogP contribution is 2.18. The Morgan fingerprint density at radius 2 is 2.21 bits per heavy atom. The maximum Gasteiger partial charge on any atom is 0.0685 e. The molecule has 1 atom stereocenters. The van der Waals surface area contributed by atoms with E-state index in [0.717, 1.165) is 6.42 Å². The van der Waals surface area contributed by atoms with E-state index in [-0.39, 0.29) is 0 Å². The van der Waals surface area contributed by atoms with E-state index in [1.165, 1.54) is 10.9 Å². The maximum absolute atomic E-state index is 5.54. The SMILES string of the molecule is CC(CCN)n1ncc2ccccc21. The number of para-hydroxylation sites is 1. The van der Waals surface area contributed by atoms with Crippen molar-refractivity contribution in [2.75, 3.05) is 6.54 Å². The summed E-state index contributed by atoms with van der Waals surface area (Å²) in [6.45, 7) is 2.85. The summed E-state index contributed by atoms with van der Waals surface area (Å²) in [6, 6.07) is 8.61. The van der Waals surface area contributed by atoms with Gasteiger partial charge in [0, 0.05) is 5.39 Å². The van der Waals surface area contributed by atoms with Crippen LogP contribution in [-0.2, 0) is 0 Å². The Kier molecular flexibility index (Phi) is 2.50. The first-order valence-electron chi connectivity index (χ1n) is 4.95. The minimum atomic E-state index is 0.375. The van der Waals surface area contributed by atoms with Gasteiger partial charge in [0.1, 0.15) is 0 Å². The number of benzene rings is 1. The van der Waals surface area contributed by atoms with E-state index in [9.17, 15) is 0 Å². The lowest BCUT2D eigenvalue weighted by Crippen LogP contribution is -2.11. The fourth-order valence-electron chi connectivity index (χ4n) is 1.71. The first-order chi connectivity index (χ1) is 6.83. The predicted octanol–water partition coefficient (Wildman–Crippen LogP) is 1.95. The molecule has 1 unspecified atom stereocenters. The van der Waals surface area contributed by atoms with Gasteiger partial charge in [-0.05, 0) is 26.0 Å². The van der Waals surface area contributed by atoms with Crippen LogP contribution in [0.25, 0.3) is 10.9 Å². The molecule has 0 aliphatic heterocycles. The van der Waals surface area contributed by atoms with Crippen LogP contribution >= 0.6 is 0 Å². The second kappa shape index (κ2) is 3.80. The number of rotatable bonds is 3. The Labute approximate surface area is 83.5 Å². The molecule has 1 aromatic carbocycles. The molecule has 0 radical (unpaired) electrons. The monoisotopic (exact) mass is 189 g/mol. The van der Waals surface area contributed by atoms with Crippen LogP contribution in [0.3, 0.4) is 0 Å². The van der Waals surface area contributed by atoms with E-state index < -0.39 is 0 Å². The number of nitrogens with two attached hydrogens (primary N) is 1. The zero-order valence-electron chi connectivity index (χ0n) is 8.35. The average Bonchev–Trinajstić information content (AvgIpc) is 2.61. The molecule has 0 saturated heterocycles. The molecule has 2 rings (SSSR count). The van der Waals surface area contributed by atoms with Crippen molar-refractivity contribution in [1.29, 1.82) is 0 Å². The van der Waals surface area contributed by atoms with Crippen molar-refractivity contribution in [2.45, 2.75) is 19.4 Å². The van der Waals surface area contributed by atoms with Crippen molar-refractivity contribution in [2.24, 2.45) is 5.73 Å². The number of aromatic nitrogens is 2. The largest absolute Gasteiger partial charge is 0.330 e. The molecule has 0 aliphatic rings. The smallest absolute Gasteiger partial charge is 0.0685 e. The van der Waals surface area contributed by atoms with Gasteiger partial charge in [0.25, 0.3) is 0 Å². The summed E-state index contributed by atoms with van der Waals surface area (Å²) in [5, 5.41) is 5.57. The van der Waals surface area contributed by atoms with Crippen molar-refractivity contribution in [3.05, 3.63) is 30.5 Å². The van der Waals surface area contributed by atoms with Gasteiger partial charge < -0.3 is 5.73 Å². The van der Waals surface area contributed by atoms with E-state index >= 15 is 0 Å². The second-order valence-corrected chi connectivity index (χ2v) is 3.57. The van der Waals surface area contributed by atoms with Gasteiger partial charge in [-0.2, -0.15) is 5.10 Å². The zero-order valence-corrected chi connectivity index (χ0v) is 8.35. The summed E-state index contributed by atoms with van der Waals surface area (Å²) in [5.74, 6) is 0. The summed E-state index contributed by atoms with van der Waals surface area (Å²) in [6.07, 6.45) is 2.87. The standard InChI is InChI=1S/C11H15N3/c1-9(6-7-12)14-11-5-3-2-4-10(11)8-13-14/h2-5,8-9H,6-7,12H2,1H3. The molecular weight excluding hydrogens is 174 g/mol. The molecule has 0 amide bonds. The summed E-state index contributed by atoms with van der Waals surface area (Å²) >= 11 is 0. The van der Waals surface area contributed by atoms with Crippen LogP contribution in [0.15, 0.2) is 30.5 Å². The van der Waals surface area contributed by atoms with Crippen molar-refractivity contribution < 1.29 is 0 Å². The van der Waals surface area contributed by atoms with Crippen LogP contribution in [-0.4, -0.2) is 16.3 Å². The second-order valence-electron chi connectivity index (χ2n) is 3.57. The quantitative estimate of drug-likeness (QED) is 0.802. The highest BCUT2D eigenvalue weighted by Gasteiger charge is 2.07. The van der Waals surface area contributed by atoms with Crippen LogP contribution in [0.5, 0.6) is 0 Å². The van der Waals surface area contributed by atoms with Gasteiger partial charge in [-0.15, -0.1) is 0 Å². The van der Waals surface area contributed by atoms with Crippen LogP contribution in [0, 0.1) is 0 Å². The molecular formula is C11H15N3. The van der Waals surface area contributed by atoms with Gasteiger partial charge >= 0.3 is 0 Å². The van der Waals surface area contributed by atoms with Gasteiger partial charge in [-0.1, -0.05) is 18.2 Å². The molecule has 0 fully saturated rings. The van der Waals surface area contributed by atoms with Gasteiger partial charge in [-0.25, -0.2) is 0 Å². The van der Waals surface area contributed by atoms with Crippen molar-refractivity contribution in [3.63, 3.8) is 0 Å². The molecule has 2 aromatic rings. The topological polar surface area (TPSA) is 43.8 Å². The predicted molar refractivity (Wildman–Crippen MR) is 58.1 cm³/mol. The summed E-state index contributed by atoms with van der Waals surface area (Å²) < 4.78 is 2.04. The molecule has 2 N–H and O–H groups in total. The number of nitrogens with zero attached hydrogens (tertiary/aromatic N) is 2.